The molecule has 0 spiro atoms. The highest BCUT2D eigenvalue weighted by molar-refractivity contribution is 5.60. The predicted molar refractivity (Wildman–Crippen MR) is 47.3 cm³/mol. The molecule has 6 heteroatoms. The zero-order chi connectivity index (χ0) is 10.3. The molecule has 14 heavy (non-hydrogen) atoms. The number of nitrogens with zero attached hydrogens (tertiary/aromatic N) is 2. The molecule has 0 aliphatic heterocycles. The van der Waals surface area contributed by atoms with Crippen LogP contribution in [0.4, 0.5) is 15.9 Å². The van der Waals surface area contributed by atoms with Gasteiger partial charge < -0.3 is 5.73 Å². The lowest BCUT2D eigenvalue weighted by Crippen LogP contribution is -2.07. The fraction of sp³-hybridized carbons (Fsp3) is 0.375. The average Bonchev–Trinajstić information content (AvgIpc) is 2.84. The molecule has 1 aliphatic rings. The molecule has 0 radical (unpaired) electrons. The van der Waals surface area contributed by atoms with Crippen LogP contribution in [0.25, 0.3) is 0 Å². The number of pyridine rings is 1. The number of rotatable bonds is 2. The van der Waals surface area contributed by atoms with Crippen LogP contribution in [0.5, 0.6) is 0 Å². The van der Waals surface area contributed by atoms with E-state index in [4.69, 9.17) is 5.73 Å². The van der Waals surface area contributed by atoms with Gasteiger partial charge in [-0.05, 0) is 18.9 Å². The van der Waals surface area contributed by atoms with Crippen LogP contribution in [0.2, 0.25) is 0 Å². The zero-order valence-electron chi connectivity index (χ0n) is 7.24. The van der Waals surface area contributed by atoms with Gasteiger partial charge in [-0.25, -0.2) is 9.37 Å². The second-order valence-corrected chi connectivity index (χ2v) is 3.31. The van der Waals surface area contributed by atoms with Crippen LogP contribution in [-0.4, -0.2) is 9.91 Å². The summed E-state index contributed by atoms with van der Waals surface area (Å²) in [6, 6.07) is 1.32. The van der Waals surface area contributed by atoms with Crippen molar-refractivity contribution in [1.82, 2.24) is 4.98 Å². The number of hydrogen-bond acceptors (Lipinski definition) is 4. The van der Waals surface area contributed by atoms with Crippen LogP contribution in [-0.2, 0) is 5.67 Å². The van der Waals surface area contributed by atoms with Crippen LogP contribution in [0.3, 0.4) is 0 Å². The van der Waals surface area contributed by atoms with E-state index in [2.05, 4.69) is 4.98 Å². The van der Waals surface area contributed by atoms with Crippen molar-refractivity contribution in [3.05, 3.63) is 27.9 Å². The molecule has 5 nitrogen and oxygen atoms in total. The second-order valence-electron chi connectivity index (χ2n) is 3.31. The lowest BCUT2D eigenvalue weighted by atomic mass is 10.1. The number of anilines is 1. The Morgan fingerprint density at radius 1 is 1.64 bits per heavy atom. The number of halogens is 1. The molecule has 1 saturated carbocycles. The van der Waals surface area contributed by atoms with Crippen LogP contribution in [0.15, 0.2) is 12.3 Å². The smallest absolute Gasteiger partial charge is 0.317 e. The van der Waals surface area contributed by atoms with Crippen molar-refractivity contribution in [2.24, 2.45) is 0 Å². The number of nitro groups is 1. The van der Waals surface area contributed by atoms with Crippen LogP contribution >= 0.6 is 0 Å². The fourth-order valence-electron chi connectivity index (χ4n) is 1.40. The number of nitrogens with two attached hydrogens (primary N) is 1. The normalized spacial score (nSPS) is 17.8. The minimum atomic E-state index is -1.56. The van der Waals surface area contributed by atoms with Gasteiger partial charge in [-0.15, -0.1) is 0 Å². The number of alkyl halides is 1. The molecule has 2 N–H and O–H groups in total. The van der Waals surface area contributed by atoms with Gasteiger partial charge in [0.05, 0.1) is 10.5 Å². The van der Waals surface area contributed by atoms with Crippen molar-refractivity contribution in [2.75, 3.05) is 5.73 Å². The molecule has 0 aromatic carbocycles. The molecule has 2 rings (SSSR count). The Hall–Kier alpha value is -1.72. The molecule has 0 bridgehead atoms. The molecule has 0 saturated heterocycles. The SMILES string of the molecule is Nc1nccc(C2(F)CC2)c1[N+](=O)[O-]. The van der Waals surface area contributed by atoms with E-state index in [0.29, 0.717) is 12.8 Å². The third-order valence-corrected chi connectivity index (χ3v) is 2.31. The van der Waals surface area contributed by atoms with E-state index in [1.807, 2.05) is 0 Å². The van der Waals surface area contributed by atoms with E-state index >= 15 is 0 Å². The Kier molecular flexibility index (Phi) is 1.67. The first-order valence-electron chi connectivity index (χ1n) is 4.13. The Labute approximate surface area is 78.9 Å². The summed E-state index contributed by atoms with van der Waals surface area (Å²) in [4.78, 5) is 13.5. The molecule has 74 valence electrons. The molecule has 1 fully saturated rings. The van der Waals surface area contributed by atoms with Crippen molar-refractivity contribution in [3.63, 3.8) is 0 Å². The first kappa shape index (κ1) is 8.86. The second kappa shape index (κ2) is 2.63. The van der Waals surface area contributed by atoms with E-state index in [0.717, 1.165) is 0 Å². The lowest BCUT2D eigenvalue weighted by Gasteiger charge is -2.06. The highest BCUT2D eigenvalue weighted by Crippen LogP contribution is 2.52. The van der Waals surface area contributed by atoms with Crippen molar-refractivity contribution in [1.29, 1.82) is 0 Å². The maximum atomic E-state index is 13.6. The van der Waals surface area contributed by atoms with Crippen LogP contribution in [0.1, 0.15) is 18.4 Å². The highest BCUT2D eigenvalue weighted by Gasteiger charge is 2.49. The maximum Gasteiger partial charge on any atom is 0.317 e. The maximum absolute atomic E-state index is 13.6. The van der Waals surface area contributed by atoms with E-state index < -0.39 is 16.3 Å². The summed E-state index contributed by atoms with van der Waals surface area (Å²) >= 11 is 0. The fourth-order valence-corrected chi connectivity index (χ4v) is 1.40. The van der Waals surface area contributed by atoms with Crippen molar-refractivity contribution in [3.8, 4) is 0 Å². The van der Waals surface area contributed by atoms with Gasteiger partial charge in [0.25, 0.3) is 0 Å². The van der Waals surface area contributed by atoms with Gasteiger partial charge in [-0.3, -0.25) is 10.1 Å². The molecule has 1 aromatic heterocycles. The number of hydrogen-bond donors (Lipinski definition) is 1. The molecule has 1 heterocycles. The Balaban J connectivity index is 2.59. The third kappa shape index (κ3) is 1.19. The Bertz CT molecular complexity index is 404. The molecular weight excluding hydrogens is 189 g/mol. The van der Waals surface area contributed by atoms with E-state index in [1.165, 1.54) is 12.3 Å². The van der Waals surface area contributed by atoms with Crippen molar-refractivity contribution >= 4 is 11.5 Å². The zero-order valence-corrected chi connectivity index (χ0v) is 7.24. The standard InChI is InChI=1S/C8H8FN3O2/c9-8(2-3-8)5-1-4-11-7(10)6(5)12(13)14/h1,4H,2-3H2,(H2,10,11). The highest BCUT2D eigenvalue weighted by atomic mass is 19.1. The molecule has 1 aliphatic carbocycles. The minimum Gasteiger partial charge on any atom is -0.378 e. The summed E-state index contributed by atoms with van der Waals surface area (Å²) in [7, 11) is 0. The van der Waals surface area contributed by atoms with E-state index in [-0.39, 0.29) is 11.4 Å². The number of nitrogen functional groups attached to an aromatic ring is 1. The summed E-state index contributed by atoms with van der Waals surface area (Å²) < 4.78 is 13.6. The van der Waals surface area contributed by atoms with Crippen LogP contribution < -0.4 is 5.73 Å². The Morgan fingerprint density at radius 3 is 2.79 bits per heavy atom. The minimum absolute atomic E-state index is 0.0509. The van der Waals surface area contributed by atoms with Gasteiger partial charge in [0.15, 0.2) is 0 Å². The van der Waals surface area contributed by atoms with Gasteiger partial charge in [0, 0.05) is 6.20 Å². The van der Waals surface area contributed by atoms with Crippen LogP contribution in [0, 0.1) is 10.1 Å². The van der Waals surface area contributed by atoms with Crippen molar-refractivity contribution in [2.45, 2.75) is 18.5 Å². The summed E-state index contributed by atoms with van der Waals surface area (Å²) in [5, 5.41) is 10.6. The third-order valence-electron chi connectivity index (χ3n) is 2.31. The average molecular weight is 197 g/mol. The van der Waals surface area contributed by atoms with Gasteiger partial charge in [-0.1, -0.05) is 0 Å². The van der Waals surface area contributed by atoms with Gasteiger partial charge >= 0.3 is 5.69 Å². The molecule has 0 atom stereocenters. The van der Waals surface area contributed by atoms with E-state index in [1.54, 1.807) is 0 Å². The first-order valence-corrected chi connectivity index (χ1v) is 4.13. The summed E-state index contributed by atoms with van der Waals surface area (Å²) in [6.07, 6.45) is 1.92. The van der Waals surface area contributed by atoms with Gasteiger partial charge in [0.2, 0.25) is 5.82 Å². The summed E-state index contributed by atoms with van der Waals surface area (Å²) in [5.74, 6) is -0.226. The molecular formula is C8H8FN3O2. The molecule has 0 amide bonds. The number of aromatic nitrogens is 1. The van der Waals surface area contributed by atoms with Gasteiger partial charge in [-0.2, -0.15) is 0 Å². The predicted octanol–water partition coefficient (Wildman–Crippen LogP) is 1.53. The first-order chi connectivity index (χ1) is 6.54. The monoisotopic (exact) mass is 197 g/mol. The molecule has 0 unspecified atom stereocenters. The lowest BCUT2D eigenvalue weighted by molar-refractivity contribution is -0.385. The largest absolute Gasteiger partial charge is 0.378 e. The molecule has 1 aromatic rings. The van der Waals surface area contributed by atoms with E-state index in [9.17, 15) is 14.5 Å². The van der Waals surface area contributed by atoms with Crippen molar-refractivity contribution < 1.29 is 9.31 Å². The topological polar surface area (TPSA) is 82.0 Å². The quantitative estimate of drug-likeness (QED) is 0.575. The summed E-state index contributed by atoms with van der Waals surface area (Å²) in [6.45, 7) is 0. The van der Waals surface area contributed by atoms with Gasteiger partial charge in [0.1, 0.15) is 5.67 Å². The summed E-state index contributed by atoms with van der Waals surface area (Å²) in [5.41, 5.74) is 3.43. The Morgan fingerprint density at radius 2 is 2.29 bits per heavy atom.